The minimum atomic E-state index is -1.05. The van der Waals surface area contributed by atoms with E-state index in [1.807, 2.05) is 18.4 Å². The summed E-state index contributed by atoms with van der Waals surface area (Å²) in [6.07, 6.45) is 1.54. The standard InChI is InChI=1S/C23H26FN3O3/c1-3-11-30-23-26-20(4-2)21(13-25)27(23)14-16-10-9-15(12-19(16)24)17-7-5-6-8-18(17)22(28)29/h5-10,12H,3-4,11,13-14,25H2,1-2H3,(H,28,29). The molecule has 0 saturated carbocycles. The molecule has 0 saturated heterocycles. The highest BCUT2D eigenvalue weighted by Gasteiger charge is 2.18. The predicted molar refractivity (Wildman–Crippen MR) is 113 cm³/mol. The number of aromatic nitrogens is 2. The summed E-state index contributed by atoms with van der Waals surface area (Å²) >= 11 is 0. The van der Waals surface area contributed by atoms with E-state index in [-0.39, 0.29) is 18.7 Å². The fourth-order valence-electron chi connectivity index (χ4n) is 3.42. The highest BCUT2D eigenvalue weighted by Crippen LogP contribution is 2.27. The van der Waals surface area contributed by atoms with Crippen molar-refractivity contribution in [1.29, 1.82) is 0 Å². The van der Waals surface area contributed by atoms with E-state index in [1.54, 1.807) is 30.3 Å². The Hall–Kier alpha value is -3.19. The van der Waals surface area contributed by atoms with Crippen LogP contribution in [0.4, 0.5) is 4.39 Å². The molecule has 0 amide bonds. The normalized spacial score (nSPS) is 10.9. The van der Waals surface area contributed by atoms with Crippen molar-refractivity contribution in [2.24, 2.45) is 5.73 Å². The number of benzene rings is 2. The zero-order valence-electron chi connectivity index (χ0n) is 17.2. The Morgan fingerprint density at radius 2 is 2.00 bits per heavy atom. The van der Waals surface area contributed by atoms with Crippen LogP contribution in [0.25, 0.3) is 11.1 Å². The SMILES string of the molecule is CCCOc1nc(CC)c(CN)n1Cc1ccc(-c2ccccc2C(=O)O)cc1F. The van der Waals surface area contributed by atoms with Crippen LogP contribution >= 0.6 is 0 Å². The van der Waals surface area contributed by atoms with Gasteiger partial charge >= 0.3 is 5.97 Å². The van der Waals surface area contributed by atoms with E-state index >= 15 is 4.39 Å². The zero-order chi connectivity index (χ0) is 21.7. The van der Waals surface area contributed by atoms with Gasteiger partial charge in [-0.05, 0) is 36.1 Å². The number of imidazole rings is 1. The minimum Gasteiger partial charge on any atom is -0.478 e. The molecule has 2 aromatic carbocycles. The van der Waals surface area contributed by atoms with Crippen molar-refractivity contribution < 1.29 is 19.0 Å². The maximum absolute atomic E-state index is 15.0. The highest BCUT2D eigenvalue weighted by atomic mass is 19.1. The van der Waals surface area contributed by atoms with E-state index in [0.717, 1.165) is 17.8 Å². The van der Waals surface area contributed by atoms with Gasteiger partial charge in [-0.15, -0.1) is 0 Å². The maximum Gasteiger partial charge on any atom is 0.336 e. The first-order valence-electron chi connectivity index (χ1n) is 10.0. The van der Waals surface area contributed by atoms with Crippen LogP contribution in [0.15, 0.2) is 42.5 Å². The molecule has 0 radical (unpaired) electrons. The van der Waals surface area contributed by atoms with Gasteiger partial charge in [-0.2, -0.15) is 4.98 Å². The topological polar surface area (TPSA) is 90.4 Å². The van der Waals surface area contributed by atoms with E-state index in [0.29, 0.717) is 35.7 Å². The number of nitrogens with zero attached hydrogens (tertiary/aromatic N) is 2. The lowest BCUT2D eigenvalue weighted by molar-refractivity contribution is 0.0697. The smallest absolute Gasteiger partial charge is 0.336 e. The number of carbonyl (C=O) groups is 1. The molecule has 0 unspecified atom stereocenters. The monoisotopic (exact) mass is 411 g/mol. The van der Waals surface area contributed by atoms with Gasteiger partial charge in [0.2, 0.25) is 0 Å². The third-order valence-corrected chi connectivity index (χ3v) is 4.93. The van der Waals surface area contributed by atoms with Gasteiger partial charge in [-0.3, -0.25) is 4.57 Å². The molecular formula is C23H26FN3O3. The van der Waals surface area contributed by atoms with Gasteiger partial charge < -0.3 is 15.6 Å². The Bertz CT molecular complexity index is 1050. The van der Waals surface area contributed by atoms with Gasteiger partial charge in [-0.1, -0.05) is 44.2 Å². The number of carboxylic acids is 1. The molecular weight excluding hydrogens is 385 g/mol. The lowest BCUT2D eigenvalue weighted by Gasteiger charge is -2.14. The van der Waals surface area contributed by atoms with Crippen molar-refractivity contribution in [3.63, 3.8) is 0 Å². The molecule has 0 bridgehead atoms. The summed E-state index contributed by atoms with van der Waals surface area (Å²) in [5.74, 6) is -1.48. The van der Waals surface area contributed by atoms with Crippen LogP contribution < -0.4 is 10.5 Å². The molecule has 3 N–H and O–H groups in total. The first-order valence-corrected chi connectivity index (χ1v) is 10.0. The first-order chi connectivity index (χ1) is 14.5. The number of hydrogen-bond acceptors (Lipinski definition) is 4. The molecule has 0 aliphatic carbocycles. The third kappa shape index (κ3) is 4.36. The fourth-order valence-corrected chi connectivity index (χ4v) is 3.42. The molecule has 158 valence electrons. The third-order valence-electron chi connectivity index (χ3n) is 4.93. The number of aromatic carboxylic acids is 1. The van der Waals surface area contributed by atoms with E-state index < -0.39 is 11.8 Å². The molecule has 0 aliphatic rings. The number of rotatable bonds is 9. The van der Waals surface area contributed by atoms with Crippen LogP contribution in [0.2, 0.25) is 0 Å². The van der Waals surface area contributed by atoms with Gasteiger partial charge in [0.1, 0.15) is 5.82 Å². The summed E-state index contributed by atoms with van der Waals surface area (Å²) in [6.45, 7) is 5.01. The molecule has 0 aliphatic heterocycles. The van der Waals surface area contributed by atoms with E-state index in [9.17, 15) is 9.90 Å². The Kier molecular flexibility index (Phi) is 6.84. The van der Waals surface area contributed by atoms with Crippen LogP contribution in [0.5, 0.6) is 6.01 Å². The Balaban J connectivity index is 1.98. The highest BCUT2D eigenvalue weighted by molar-refractivity contribution is 5.96. The lowest BCUT2D eigenvalue weighted by atomic mass is 9.98. The van der Waals surface area contributed by atoms with Gasteiger partial charge in [0.15, 0.2) is 0 Å². The van der Waals surface area contributed by atoms with Crippen LogP contribution in [-0.2, 0) is 19.5 Å². The maximum atomic E-state index is 15.0. The van der Waals surface area contributed by atoms with E-state index in [2.05, 4.69) is 4.98 Å². The van der Waals surface area contributed by atoms with Crippen molar-refractivity contribution in [2.75, 3.05) is 6.61 Å². The van der Waals surface area contributed by atoms with Crippen molar-refractivity contribution in [1.82, 2.24) is 9.55 Å². The summed E-state index contributed by atoms with van der Waals surface area (Å²) in [5.41, 5.74) is 9.17. The fraction of sp³-hybridized carbons (Fsp3) is 0.304. The molecule has 6 nitrogen and oxygen atoms in total. The second-order valence-corrected chi connectivity index (χ2v) is 6.94. The quantitative estimate of drug-likeness (QED) is 0.549. The molecule has 1 aromatic heterocycles. The van der Waals surface area contributed by atoms with Crippen LogP contribution in [0, 0.1) is 5.82 Å². The number of halogens is 1. The average molecular weight is 411 g/mol. The molecule has 3 rings (SSSR count). The number of carboxylic acid groups (broad SMARTS) is 1. The number of hydrogen-bond donors (Lipinski definition) is 2. The van der Waals surface area contributed by atoms with Crippen molar-refractivity contribution in [2.45, 2.75) is 39.8 Å². The van der Waals surface area contributed by atoms with Gasteiger partial charge in [-0.25, -0.2) is 9.18 Å². The van der Waals surface area contributed by atoms with Crippen LogP contribution in [-0.4, -0.2) is 27.2 Å². The Morgan fingerprint density at radius 3 is 2.63 bits per heavy atom. The Morgan fingerprint density at radius 1 is 1.23 bits per heavy atom. The molecule has 30 heavy (non-hydrogen) atoms. The van der Waals surface area contributed by atoms with Crippen LogP contribution in [0.3, 0.4) is 0 Å². The number of ether oxygens (including phenoxy) is 1. The predicted octanol–water partition coefficient (Wildman–Crippen LogP) is 4.25. The first kappa shape index (κ1) is 21.5. The van der Waals surface area contributed by atoms with Gasteiger partial charge in [0.05, 0.1) is 30.1 Å². The van der Waals surface area contributed by atoms with Crippen molar-refractivity contribution >= 4 is 5.97 Å². The summed E-state index contributed by atoms with van der Waals surface area (Å²) in [5, 5.41) is 9.40. The van der Waals surface area contributed by atoms with Crippen molar-refractivity contribution in [3.05, 3.63) is 70.8 Å². The summed E-state index contributed by atoms with van der Waals surface area (Å²) in [6, 6.07) is 11.8. The number of aryl methyl sites for hydroxylation is 1. The zero-order valence-corrected chi connectivity index (χ0v) is 17.2. The summed E-state index contributed by atoms with van der Waals surface area (Å²) < 4.78 is 22.6. The molecule has 0 spiro atoms. The van der Waals surface area contributed by atoms with Gasteiger partial charge in [0.25, 0.3) is 6.01 Å². The molecule has 3 aromatic rings. The largest absolute Gasteiger partial charge is 0.478 e. The van der Waals surface area contributed by atoms with E-state index in [1.165, 1.54) is 12.1 Å². The number of nitrogens with two attached hydrogens (primary N) is 1. The molecule has 0 fully saturated rings. The summed E-state index contributed by atoms with van der Waals surface area (Å²) in [7, 11) is 0. The van der Waals surface area contributed by atoms with Crippen LogP contribution in [0.1, 0.15) is 47.6 Å². The van der Waals surface area contributed by atoms with Gasteiger partial charge in [0, 0.05) is 12.1 Å². The molecule has 0 atom stereocenters. The molecule has 1 heterocycles. The molecule has 7 heteroatoms. The summed E-state index contributed by atoms with van der Waals surface area (Å²) in [4.78, 5) is 16.0. The van der Waals surface area contributed by atoms with Crippen molar-refractivity contribution in [3.8, 4) is 17.1 Å². The second kappa shape index (κ2) is 9.54. The second-order valence-electron chi connectivity index (χ2n) is 6.94. The average Bonchev–Trinajstić information content (AvgIpc) is 3.09. The minimum absolute atomic E-state index is 0.132. The van der Waals surface area contributed by atoms with E-state index in [4.69, 9.17) is 10.5 Å². The Labute approximate surface area is 175 Å². The lowest BCUT2D eigenvalue weighted by Crippen LogP contribution is -2.13.